The highest BCUT2D eigenvalue weighted by Gasteiger charge is 2.07. The van der Waals surface area contributed by atoms with Crippen LogP contribution in [0.1, 0.15) is 13.3 Å². The van der Waals surface area contributed by atoms with Crippen molar-refractivity contribution in [2.75, 3.05) is 19.7 Å². The molecule has 1 aliphatic heterocycles. The van der Waals surface area contributed by atoms with Crippen LogP contribution in [0, 0.1) is 0 Å². The lowest BCUT2D eigenvalue weighted by molar-refractivity contribution is 0.157. The van der Waals surface area contributed by atoms with E-state index in [-0.39, 0.29) is 0 Å². The van der Waals surface area contributed by atoms with Gasteiger partial charge in [-0.05, 0) is 13.3 Å². The average molecular weight is 171 g/mol. The minimum Gasteiger partial charge on any atom is -0.450 e. The van der Waals surface area contributed by atoms with Gasteiger partial charge in [0, 0.05) is 13.1 Å². The number of guanidine groups is 1. The molecule has 1 rings (SSSR count). The van der Waals surface area contributed by atoms with Gasteiger partial charge in [0.05, 0.1) is 6.61 Å². The van der Waals surface area contributed by atoms with E-state index in [4.69, 9.17) is 0 Å². The van der Waals surface area contributed by atoms with Crippen LogP contribution in [0.4, 0.5) is 4.79 Å². The van der Waals surface area contributed by atoms with E-state index in [1.165, 1.54) is 0 Å². The Kier molecular flexibility index (Phi) is 3.37. The molecule has 0 saturated heterocycles. The number of carbonyl (C=O) groups is 1. The average Bonchev–Trinajstić information content (AvgIpc) is 2.06. The topological polar surface area (TPSA) is 62.7 Å². The van der Waals surface area contributed by atoms with E-state index in [2.05, 4.69) is 20.4 Å². The summed E-state index contributed by atoms with van der Waals surface area (Å²) in [6.45, 7) is 3.74. The van der Waals surface area contributed by atoms with Crippen LogP contribution in [0.2, 0.25) is 0 Å². The Morgan fingerprint density at radius 3 is 3.25 bits per heavy atom. The highest BCUT2D eigenvalue weighted by molar-refractivity contribution is 5.94. The Morgan fingerprint density at radius 1 is 1.83 bits per heavy atom. The molecule has 2 N–H and O–H groups in total. The van der Waals surface area contributed by atoms with Gasteiger partial charge in [0.1, 0.15) is 0 Å². The molecule has 1 aliphatic rings. The molecule has 1 amide bonds. The molecule has 0 unspecified atom stereocenters. The highest BCUT2D eigenvalue weighted by atomic mass is 16.5. The second kappa shape index (κ2) is 4.58. The summed E-state index contributed by atoms with van der Waals surface area (Å²) in [5.41, 5.74) is 0. The van der Waals surface area contributed by atoms with Crippen LogP contribution >= 0.6 is 0 Å². The van der Waals surface area contributed by atoms with Crippen molar-refractivity contribution in [2.24, 2.45) is 4.99 Å². The minimum absolute atomic E-state index is 0.374. The maximum Gasteiger partial charge on any atom is 0.413 e. The van der Waals surface area contributed by atoms with E-state index in [1.54, 1.807) is 6.92 Å². The monoisotopic (exact) mass is 171 g/mol. The molecule has 0 atom stereocenters. The zero-order chi connectivity index (χ0) is 8.81. The van der Waals surface area contributed by atoms with Gasteiger partial charge in [0.25, 0.3) is 0 Å². The van der Waals surface area contributed by atoms with Crippen LogP contribution in [-0.2, 0) is 4.74 Å². The van der Waals surface area contributed by atoms with Crippen LogP contribution in [0.5, 0.6) is 0 Å². The molecular weight excluding hydrogens is 158 g/mol. The predicted octanol–water partition coefficient (Wildman–Crippen LogP) is 0.0818. The van der Waals surface area contributed by atoms with Crippen LogP contribution in [0.25, 0.3) is 0 Å². The Hall–Kier alpha value is -1.26. The van der Waals surface area contributed by atoms with Gasteiger partial charge in [-0.1, -0.05) is 0 Å². The van der Waals surface area contributed by atoms with Gasteiger partial charge >= 0.3 is 6.09 Å². The maximum absolute atomic E-state index is 10.9. The number of rotatable bonds is 1. The van der Waals surface area contributed by atoms with E-state index >= 15 is 0 Å². The molecule has 0 aromatic heterocycles. The van der Waals surface area contributed by atoms with Crippen molar-refractivity contribution < 1.29 is 9.53 Å². The van der Waals surface area contributed by atoms with Crippen molar-refractivity contribution in [3.05, 3.63) is 0 Å². The fourth-order valence-corrected chi connectivity index (χ4v) is 0.880. The number of nitrogens with zero attached hydrogens (tertiary/aromatic N) is 1. The molecule has 5 heteroatoms. The van der Waals surface area contributed by atoms with Crippen molar-refractivity contribution in [3.8, 4) is 0 Å². The summed E-state index contributed by atoms with van der Waals surface area (Å²) in [6, 6.07) is 0. The molecule has 12 heavy (non-hydrogen) atoms. The summed E-state index contributed by atoms with van der Waals surface area (Å²) in [7, 11) is 0. The summed E-state index contributed by atoms with van der Waals surface area (Å²) in [5, 5.41) is 5.44. The van der Waals surface area contributed by atoms with Crippen molar-refractivity contribution in [1.82, 2.24) is 10.6 Å². The normalized spacial score (nSPS) is 15.9. The smallest absolute Gasteiger partial charge is 0.413 e. The van der Waals surface area contributed by atoms with Crippen LogP contribution in [0.15, 0.2) is 4.99 Å². The Balaban J connectivity index is 2.29. The number of hydrogen-bond acceptors (Lipinski definition) is 4. The number of nitrogens with one attached hydrogen (secondary N) is 2. The lowest BCUT2D eigenvalue weighted by Crippen LogP contribution is -2.43. The van der Waals surface area contributed by atoms with Gasteiger partial charge in [0.2, 0.25) is 5.96 Å². The first-order valence-electron chi connectivity index (χ1n) is 4.05. The number of amides is 1. The van der Waals surface area contributed by atoms with Crippen LogP contribution in [0.3, 0.4) is 0 Å². The van der Waals surface area contributed by atoms with Gasteiger partial charge in [-0.15, -0.1) is 0 Å². The fraction of sp³-hybridized carbons (Fsp3) is 0.714. The minimum atomic E-state index is -0.453. The van der Waals surface area contributed by atoms with Crippen molar-refractivity contribution in [2.45, 2.75) is 13.3 Å². The van der Waals surface area contributed by atoms with Crippen molar-refractivity contribution in [1.29, 1.82) is 0 Å². The number of ether oxygens (including phenoxy) is 1. The fourth-order valence-electron chi connectivity index (χ4n) is 0.880. The molecule has 0 saturated carbocycles. The standard InChI is InChI=1S/C7H13N3O2/c1-2-12-7(11)10-6-8-4-3-5-9-6/h2-5H2,1H3,(H2,8,9,10,11). The quantitative estimate of drug-likeness (QED) is 0.587. The number of aliphatic imine (C=N–C) groups is 1. The molecule has 0 aromatic carbocycles. The van der Waals surface area contributed by atoms with Gasteiger partial charge < -0.3 is 10.1 Å². The van der Waals surface area contributed by atoms with Crippen molar-refractivity contribution in [3.63, 3.8) is 0 Å². The lowest BCUT2D eigenvalue weighted by atomic mass is 10.4. The third-order valence-corrected chi connectivity index (χ3v) is 1.39. The molecule has 0 fully saturated rings. The summed E-state index contributed by atoms with van der Waals surface area (Å²) in [6.07, 6.45) is 0.555. The number of alkyl carbamates (subject to hydrolysis) is 1. The van der Waals surface area contributed by atoms with Gasteiger partial charge in [0.15, 0.2) is 0 Å². The molecule has 0 spiro atoms. The molecular formula is C7H13N3O2. The molecule has 5 nitrogen and oxygen atoms in total. The molecule has 0 aromatic rings. The summed E-state index contributed by atoms with van der Waals surface area (Å²) in [4.78, 5) is 14.9. The largest absolute Gasteiger partial charge is 0.450 e. The first-order chi connectivity index (χ1) is 5.83. The number of carbonyl (C=O) groups excluding carboxylic acids is 1. The van der Waals surface area contributed by atoms with E-state index < -0.39 is 6.09 Å². The van der Waals surface area contributed by atoms with Crippen LogP contribution in [-0.4, -0.2) is 31.7 Å². The SMILES string of the molecule is CCOC(=O)NC1=NCCCN1. The molecule has 0 aliphatic carbocycles. The Bertz CT molecular complexity index is 191. The van der Waals surface area contributed by atoms with Crippen LogP contribution < -0.4 is 10.6 Å². The van der Waals surface area contributed by atoms with Gasteiger partial charge in [-0.25, -0.2) is 4.79 Å². The maximum atomic E-state index is 10.9. The lowest BCUT2D eigenvalue weighted by Gasteiger charge is -2.14. The molecule has 0 bridgehead atoms. The molecule has 68 valence electrons. The molecule has 0 radical (unpaired) electrons. The first-order valence-corrected chi connectivity index (χ1v) is 4.05. The second-order valence-electron chi connectivity index (χ2n) is 2.36. The molecule has 1 heterocycles. The predicted molar refractivity (Wildman–Crippen MR) is 45.1 cm³/mol. The third kappa shape index (κ3) is 2.77. The zero-order valence-electron chi connectivity index (χ0n) is 7.09. The van der Waals surface area contributed by atoms with E-state index in [9.17, 15) is 4.79 Å². The zero-order valence-corrected chi connectivity index (χ0v) is 7.09. The number of hydrogen-bond donors (Lipinski definition) is 2. The third-order valence-electron chi connectivity index (χ3n) is 1.39. The van der Waals surface area contributed by atoms with E-state index in [0.717, 1.165) is 19.5 Å². The van der Waals surface area contributed by atoms with Gasteiger partial charge in [-0.2, -0.15) is 0 Å². The van der Waals surface area contributed by atoms with Crippen molar-refractivity contribution >= 4 is 12.1 Å². The second-order valence-corrected chi connectivity index (χ2v) is 2.36. The summed E-state index contributed by atoms with van der Waals surface area (Å²) in [5.74, 6) is 0.514. The van der Waals surface area contributed by atoms with E-state index in [1.807, 2.05) is 0 Å². The summed E-state index contributed by atoms with van der Waals surface area (Å²) >= 11 is 0. The highest BCUT2D eigenvalue weighted by Crippen LogP contribution is 1.87. The van der Waals surface area contributed by atoms with Gasteiger partial charge in [-0.3, -0.25) is 10.3 Å². The Morgan fingerprint density at radius 2 is 2.67 bits per heavy atom. The van der Waals surface area contributed by atoms with E-state index in [0.29, 0.717) is 12.6 Å². The Labute approximate surface area is 71.2 Å². The summed E-state index contributed by atoms with van der Waals surface area (Å²) < 4.78 is 4.67. The first kappa shape index (κ1) is 8.83.